The van der Waals surface area contributed by atoms with E-state index >= 15 is 0 Å². The molecule has 0 aromatic heterocycles. The fraction of sp³-hybridized carbons (Fsp3) is 1.00. The van der Waals surface area contributed by atoms with Crippen molar-refractivity contribution >= 4 is 33.7 Å². The summed E-state index contributed by atoms with van der Waals surface area (Å²) in [4.78, 5) is 0. The Labute approximate surface area is 88.1 Å². The SMILES string of the molecule is CCCCP.F.F.F.F.F.F.[SbH3]. The van der Waals surface area contributed by atoms with Crippen molar-refractivity contribution in [3.05, 3.63) is 0 Å². The van der Waals surface area contributed by atoms with Crippen molar-refractivity contribution in [2.45, 2.75) is 19.8 Å². The summed E-state index contributed by atoms with van der Waals surface area (Å²) in [6.45, 7) is 2.20. The standard InChI is InChI=1S/C4H11P.6FH.Sb.3H/c1-2-3-4-5;;;;;;;;;;/h2-5H2,1H3;6*1H;;;;. The van der Waals surface area contributed by atoms with E-state index < -0.39 is 0 Å². The minimum atomic E-state index is 0. The quantitative estimate of drug-likeness (QED) is 0.407. The maximum atomic E-state index is 2.70. The number of hydrogen-bond acceptors (Lipinski definition) is 0. The van der Waals surface area contributed by atoms with Crippen molar-refractivity contribution in [1.82, 2.24) is 0 Å². The Balaban J connectivity index is -0.00000000381. The molecule has 0 aliphatic rings. The topological polar surface area (TPSA) is 0 Å². The molecule has 0 N–H and O–H groups in total. The molecule has 0 heterocycles. The van der Waals surface area contributed by atoms with E-state index in [0.717, 1.165) is 0 Å². The predicted molar refractivity (Wildman–Crippen MR) is 54.4 cm³/mol. The van der Waals surface area contributed by atoms with Gasteiger partial charge in [0.2, 0.25) is 0 Å². The number of hydrogen-bond donors (Lipinski definition) is 0. The zero-order chi connectivity index (χ0) is 4.12. The summed E-state index contributed by atoms with van der Waals surface area (Å²) < 4.78 is 0. The molecule has 0 aliphatic heterocycles. The summed E-state index contributed by atoms with van der Waals surface area (Å²) in [6.07, 6.45) is 3.94. The summed E-state index contributed by atoms with van der Waals surface area (Å²) in [6, 6.07) is 0. The van der Waals surface area contributed by atoms with E-state index in [2.05, 4.69) is 16.2 Å². The van der Waals surface area contributed by atoms with E-state index in [0.29, 0.717) is 0 Å². The van der Waals surface area contributed by atoms with Gasteiger partial charge in [-0.3, -0.25) is 28.2 Å². The van der Waals surface area contributed by atoms with Crippen LogP contribution in [-0.2, 0) is 0 Å². The van der Waals surface area contributed by atoms with Crippen molar-refractivity contribution in [3.8, 4) is 0 Å². The van der Waals surface area contributed by atoms with Crippen LogP contribution in [0.2, 0.25) is 0 Å². The van der Waals surface area contributed by atoms with Gasteiger partial charge in [-0.1, -0.05) is 19.8 Å². The van der Waals surface area contributed by atoms with Gasteiger partial charge < -0.3 is 0 Å². The van der Waals surface area contributed by atoms with Crippen molar-refractivity contribution in [1.29, 1.82) is 0 Å². The molecule has 0 aliphatic carbocycles. The molecule has 88 valence electrons. The zero-order valence-corrected chi connectivity index (χ0v) is 12.0. The van der Waals surface area contributed by atoms with Crippen LogP contribution < -0.4 is 0 Å². The predicted octanol–water partition coefficient (Wildman–Crippen LogP) is 1.39. The Bertz CT molecular complexity index is 27.0. The molecule has 8 heteroatoms. The maximum absolute atomic E-state index is 2.70. The fourth-order valence-electron chi connectivity index (χ4n) is 0.204. The van der Waals surface area contributed by atoms with Crippen LogP contribution in [0.3, 0.4) is 0 Å². The Hall–Kier alpha value is 0.828. The zero-order valence-electron chi connectivity index (χ0n) is 6.86. The molecule has 12 heavy (non-hydrogen) atoms. The monoisotopic (exact) mass is 334 g/mol. The van der Waals surface area contributed by atoms with Crippen LogP contribution >= 0.6 is 9.24 Å². The Kier molecular flexibility index (Phi) is 607. The van der Waals surface area contributed by atoms with E-state index in [9.17, 15) is 0 Å². The van der Waals surface area contributed by atoms with Crippen LogP contribution in [0.5, 0.6) is 0 Å². The average molecular weight is 335 g/mol. The van der Waals surface area contributed by atoms with E-state index in [4.69, 9.17) is 0 Å². The molecule has 0 radical (unpaired) electrons. The molecule has 0 nitrogen and oxygen atoms in total. The van der Waals surface area contributed by atoms with Crippen LogP contribution in [0.25, 0.3) is 0 Å². The number of rotatable bonds is 2. The third kappa shape index (κ3) is 131. The molecule has 0 bridgehead atoms. The first kappa shape index (κ1) is 77.0. The first-order valence-electron chi connectivity index (χ1n) is 2.12. The Morgan fingerprint density at radius 3 is 1.08 bits per heavy atom. The molecule has 0 saturated carbocycles. The number of unbranched alkanes of at least 4 members (excludes halogenated alkanes) is 1. The van der Waals surface area contributed by atoms with E-state index in [-0.39, 0.29) is 52.7 Å². The van der Waals surface area contributed by atoms with Crippen LogP contribution in [0.15, 0.2) is 0 Å². The second kappa shape index (κ2) is 94.6. The number of halogens is 6. The second-order valence-electron chi connectivity index (χ2n) is 1.14. The van der Waals surface area contributed by atoms with Gasteiger partial charge >= 0.3 is 24.4 Å². The third-order valence-corrected chi connectivity index (χ3v) is 0.966. The summed E-state index contributed by atoms with van der Waals surface area (Å²) >= 11 is 0. The van der Waals surface area contributed by atoms with Gasteiger partial charge in [0.15, 0.2) is 0 Å². The molecule has 0 aromatic carbocycles. The molecule has 1 unspecified atom stereocenters. The van der Waals surface area contributed by atoms with E-state index in [1.165, 1.54) is 19.0 Å². The molecule has 0 amide bonds. The summed E-state index contributed by atoms with van der Waals surface area (Å²) in [5.41, 5.74) is 0. The first-order chi connectivity index (χ1) is 2.41. The fourth-order valence-corrected chi connectivity index (χ4v) is 0.612. The normalized spacial score (nSPS) is 3.50. The van der Waals surface area contributed by atoms with E-state index in [1.807, 2.05) is 0 Å². The molecule has 0 saturated heterocycles. The average Bonchev–Trinajstić information content (AvgIpc) is 1.41. The van der Waals surface area contributed by atoms with Gasteiger partial charge in [-0.05, 0) is 6.16 Å². The van der Waals surface area contributed by atoms with Gasteiger partial charge in [0.05, 0.1) is 0 Å². The second-order valence-corrected chi connectivity index (χ2v) is 1.72. The van der Waals surface area contributed by atoms with Crippen LogP contribution in [-0.4, -0.2) is 30.6 Å². The molecule has 0 aromatic rings. The molecule has 0 spiro atoms. The summed E-state index contributed by atoms with van der Waals surface area (Å²) in [5, 5.41) is 0. The van der Waals surface area contributed by atoms with Crippen molar-refractivity contribution in [2.75, 3.05) is 6.16 Å². The molecular weight excluding hydrogens is 315 g/mol. The Morgan fingerprint density at radius 1 is 0.833 bits per heavy atom. The minimum absolute atomic E-state index is 0. The van der Waals surface area contributed by atoms with Gasteiger partial charge in [0.1, 0.15) is 0 Å². The summed E-state index contributed by atoms with van der Waals surface area (Å²) in [5.74, 6) is 0. The molecule has 0 rings (SSSR count). The van der Waals surface area contributed by atoms with Gasteiger partial charge in [-0.15, -0.1) is 9.24 Å². The van der Waals surface area contributed by atoms with Crippen LogP contribution in [0.1, 0.15) is 19.8 Å². The van der Waals surface area contributed by atoms with Crippen molar-refractivity contribution in [2.24, 2.45) is 0 Å². The van der Waals surface area contributed by atoms with Gasteiger partial charge in [-0.25, -0.2) is 0 Å². The first-order valence-corrected chi connectivity index (χ1v) is 2.93. The van der Waals surface area contributed by atoms with Crippen molar-refractivity contribution < 1.29 is 28.2 Å². The van der Waals surface area contributed by atoms with Crippen LogP contribution in [0, 0.1) is 0 Å². The Morgan fingerprint density at radius 2 is 1.08 bits per heavy atom. The molecule has 0 fully saturated rings. The molecule has 1 atom stereocenters. The third-order valence-electron chi connectivity index (χ3n) is 0.558. The van der Waals surface area contributed by atoms with E-state index in [1.54, 1.807) is 0 Å². The molecular formula is C4H20F6PSb. The summed E-state index contributed by atoms with van der Waals surface area (Å²) in [7, 11) is 2.70. The van der Waals surface area contributed by atoms with Gasteiger partial charge in [0.25, 0.3) is 0 Å². The van der Waals surface area contributed by atoms with Gasteiger partial charge in [-0.2, -0.15) is 0 Å². The van der Waals surface area contributed by atoms with Gasteiger partial charge in [0, 0.05) is 0 Å². The van der Waals surface area contributed by atoms with Crippen molar-refractivity contribution in [3.63, 3.8) is 0 Å². The van der Waals surface area contributed by atoms with Crippen LogP contribution in [0.4, 0.5) is 28.2 Å².